The largest absolute Gasteiger partial charge is 0.377 e. The lowest BCUT2D eigenvalue weighted by Gasteiger charge is -2.10. The van der Waals surface area contributed by atoms with E-state index in [1.54, 1.807) is 11.4 Å². The second-order valence-corrected chi connectivity index (χ2v) is 7.68. The standard InChI is InChI=1S/C13H22N2O3S2/c1-2-5-14-9-12-7-13(10-19-12)20(16,17)15-8-11-4-3-6-18-11/h7,10-11,14-15H,2-6,8-9H2,1H3. The van der Waals surface area contributed by atoms with Crippen molar-refractivity contribution in [3.05, 3.63) is 16.3 Å². The number of nitrogens with one attached hydrogen (secondary N) is 2. The summed E-state index contributed by atoms with van der Waals surface area (Å²) in [7, 11) is -3.40. The topological polar surface area (TPSA) is 67.4 Å². The van der Waals surface area contributed by atoms with Crippen molar-refractivity contribution >= 4 is 21.4 Å². The van der Waals surface area contributed by atoms with Crippen molar-refractivity contribution in [1.82, 2.24) is 10.0 Å². The minimum atomic E-state index is -3.40. The first-order valence-corrected chi connectivity index (χ1v) is 9.37. The van der Waals surface area contributed by atoms with Crippen LogP contribution in [-0.2, 0) is 21.3 Å². The summed E-state index contributed by atoms with van der Waals surface area (Å²) in [5, 5.41) is 4.96. The Balaban J connectivity index is 1.88. The van der Waals surface area contributed by atoms with Crippen molar-refractivity contribution in [2.24, 2.45) is 0 Å². The molecule has 0 saturated carbocycles. The third-order valence-electron chi connectivity index (χ3n) is 3.19. The lowest BCUT2D eigenvalue weighted by Crippen LogP contribution is -2.31. The van der Waals surface area contributed by atoms with Gasteiger partial charge in [0.2, 0.25) is 10.0 Å². The van der Waals surface area contributed by atoms with Crippen LogP contribution in [0.25, 0.3) is 0 Å². The van der Waals surface area contributed by atoms with Crippen LogP contribution in [0.15, 0.2) is 16.3 Å². The number of hydrogen-bond donors (Lipinski definition) is 2. The Morgan fingerprint density at radius 1 is 1.50 bits per heavy atom. The van der Waals surface area contributed by atoms with Crippen LogP contribution in [0.3, 0.4) is 0 Å². The van der Waals surface area contributed by atoms with E-state index in [1.807, 2.05) is 0 Å². The van der Waals surface area contributed by atoms with Crippen molar-refractivity contribution in [2.45, 2.75) is 43.7 Å². The minimum Gasteiger partial charge on any atom is -0.377 e. The highest BCUT2D eigenvalue weighted by molar-refractivity contribution is 7.89. The van der Waals surface area contributed by atoms with E-state index < -0.39 is 10.0 Å². The predicted octanol–water partition coefficient (Wildman–Crippen LogP) is 1.70. The first kappa shape index (κ1) is 15.9. The van der Waals surface area contributed by atoms with Crippen LogP contribution in [0, 0.1) is 0 Å². The molecule has 0 aliphatic carbocycles. The number of rotatable bonds is 8. The molecule has 1 aliphatic rings. The molecule has 114 valence electrons. The molecule has 7 heteroatoms. The van der Waals surface area contributed by atoms with E-state index in [4.69, 9.17) is 4.74 Å². The maximum absolute atomic E-state index is 12.2. The molecule has 2 rings (SSSR count). The molecule has 2 heterocycles. The summed E-state index contributed by atoms with van der Waals surface area (Å²) >= 11 is 1.47. The fraction of sp³-hybridized carbons (Fsp3) is 0.692. The Bertz CT molecular complexity index is 507. The van der Waals surface area contributed by atoms with Gasteiger partial charge in [-0.3, -0.25) is 0 Å². The van der Waals surface area contributed by atoms with Gasteiger partial charge in [0, 0.05) is 30.0 Å². The first-order chi connectivity index (χ1) is 9.62. The van der Waals surface area contributed by atoms with E-state index in [9.17, 15) is 8.42 Å². The van der Waals surface area contributed by atoms with Gasteiger partial charge in [-0.15, -0.1) is 11.3 Å². The summed E-state index contributed by atoms with van der Waals surface area (Å²) < 4.78 is 32.4. The SMILES string of the molecule is CCCNCc1cc(S(=O)(=O)NCC2CCCO2)cs1. The molecule has 5 nitrogen and oxygen atoms in total. The molecule has 0 radical (unpaired) electrons. The van der Waals surface area contributed by atoms with Gasteiger partial charge in [0.05, 0.1) is 11.0 Å². The van der Waals surface area contributed by atoms with E-state index in [0.717, 1.165) is 43.8 Å². The first-order valence-electron chi connectivity index (χ1n) is 7.01. The maximum atomic E-state index is 12.2. The van der Waals surface area contributed by atoms with Gasteiger partial charge < -0.3 is 10.1 Å². The van der Waals surface area contributed by atoms with Gasteiger partial charge in [-0.05, 0) is 31.9 Å². The monoisotopic (exact) mass is 318 g/mol. The Morgan fingerprint density at radius 3 is 3.05 bits per heavy atom. The summed E-state index contributed by atoms with van der Waals surface area (Å²) in [6.07, 6.45) is 3.03. The zero-order valence-electron chi connectivity index (χ0n) is 11.7. The second-order valence-electron chi connectivity index (χ2n) is 4.91. The fourth-order valence-corrected chi connectivity index (χ4v) is 4.38. The van der Waals surface area contributed by atoms with Gasteiger partial charge in [-0.25, -0.2) is 13.1 Å². The van der Waals surface area contributed by atoms with Crippen molar-refractivity contribution in [2.75, 3.05) is 19.7 Å². The molecule has 1 aromatic heterocycles. The van der Waals surface area contributed by atoms with Gasteiger partial charge in [0.15, 0.2) is 0 Å². The molecule has 1 aliphatic heterocycles. The van der Waals surface area contributed by atoms with Crippen molar-refractivity contribution in [3.63, 3.8) is 0 Å². The second kappa shape index (κ2) is 7.51. The molecule has 1 aromatic rings. The van der Waals surface area contributed by atoms with Crippen molar-refractivity contribution in [1.29, 1.82) is 0 Å². The van der Waals surface area contributed by atoms with Crippen LogP contribution in [0.2, 0.25) is 0 Å². The smallest absolute Gasteiger partial charge is 0.241 e. The highest BCUT2D eigenvalue weighted by atomic mass is 32.2. The summed E-state index contributed by atoms with van der Waals surface area (Å²) in [5.74, 6) is 0. The number of ether oxygens (including phenoxy) is 1. The van der Waals surface area contributed by atoms with Gasteiger partial charge in [-0.1, -0.05) is 6.92 Å². The molecule has 0 spiro atoms. The maximum Gasteiger partial charge on any atom is 0.241 e. The summed E-state index contributed by atoms with van der Waals surface area (Å²) in [4.78, 5) is 1.39. The fourth-order valence-electron chi connectivity index (χ4n) is 2.07. The van der Waals surface area contributed by atoms with Crippen LogP contribution in [0.5, 0.6) is 0 Å². The van der Waals surface area contributed by atoms with Gasteiger partial charge >= 0.3 is 0 Å². The van der Waals surface area contributed by atoms with E-state index >= 15 is 0 Å². The molecule has 2 N–H and O–H groups in total. The zero-order valence-corrected chi connectivity index (χ0v) is 13.4. The molecular weight excluding hydrogens is 296 g/mol. The molecule has 0 bridgehead atoms. The number of sulfonamides is 1. The lowest BCUT2D eigenvalue weighted by molar-refractivity contribution is 0.114. The average Bonchev–Trinajstić information content (AvgIpc) is 3.08. The van der Waals surface area contributed by atoms with Gasteiger partial charge in [-0.2, -0.15) is 0 Å². The van der Waals surface area contributed by atoms with Crippen LogP contribution < -0.4 is 10.0 Å². The highest BCUT2D eigenvalue weighted by Gasteiger charge is 2.21. The zero-order chi connectivity index (χ0) is 14.4. The van der Waals surface area contributed by atoms with Gasteiger partial charge in [0.25, 0.3) is 0 Å². The molecule has 0 amide bonds. The summed E-state index contributed by atoms with van der Waals surface area (Å²) in [6, 6.07) is 1.74. The highest BCUT2D eigenvalue weighted by Crippen LogP contribution is 2.19. The number of thiophene rings is 1. The van der Waals surface area contributed by atoms with Crippen LogP contribution in [-0.4, -0.2) is 34.2 Å². The van der Waals surface area contributed by atoms with E-state index in [2.05, 4.69) is 17.0 Å². The quantitative estimate of drug-likeness (QED) is 0.716. The van der Waals surface area contributed by atoms with E-state index in [-0.39, 0.29) is 6.10 Å². The molecular formula is C13H22N2O3S2. The Labute approximate surface area is 124 Å². The Kier molecular flexibility index (Phi) is 5.98. The molecule has 1 unspecified atom stereocenters. The summed E-state index contributed by atoms with van der Waals surface area (Å²) in [6.45, 7) is 4.86. The molecule has 1 atom stereocenters. The number of hydrogen-bond acceptors (Lipinski definition) is 5. The summed E-state index contributed by atoms with van der Waals surface area (Å²) in [5.41, 5.74) is 0. The molecule has 1 saturated heterocycles. The van der Waals surface area contributed by atoms with E-state index in [1.165, 1.54) is 11.3 Å². The Morgan fingerprint density at radius 2 is 2.35 bits per heavy atom. The van der Waals surface area contributed by atoms with Crippen LogP contribution in [0.1, 0.15) is 31.1 Å². The van der Waals surface area contributed by atoms with Crippen LogP contribution >= 0.6 is 11.3 Å². The lowest BCUT2D eigenvalue weighted by atomic mass is 10.2. The predicted molar refractivity (Wildman–Crippen MR) is 80.5 cm³/mol. The Hall–Kier alpha value is -0.470. The molecule has 1 fully saturated rings. The third-order valence-corrected chi connectivity index (χ3v) is 5.68. The third kappa shape index (κ3) is 4.53. The van der Waals surface area contributed by atoms with Crippen molar-refractivity contribution < 1.29 is 13.2 Å². The normalized spacial score (nSPS) is 19.6. The molecule has 0 aromatic carbocycles. The molecule has 20 heavy (non-hydrogen) atoms. The average molecular weight is 318 g/mol. The minimum absolute atomic E-state index is 0.0223. The van der Waals surface area contributed by atoms with Crippen molar-refractivity contribution in [3.8, 4) is 0 Å². The van der Waals surface area contributed by atoms with E-state index in [0.29, 0.717) is 11.4 Å². The van der Waals surface area contributed by atoms with Crippen LogP contribution in [0.4, 0.5) is 0 Å². The van der Waals surface area contributed by atoms with Gasteiger partial charge in [0.1, 0.15) is 0 Å².